The fourth-order valence-electron chi connectivity index (χ4n) is 3.90. The molecule has 7 nitrogen and oxygen atoms in total. The number of carbonyl (C=O) groups excluding carboxylic acids is 1. The number of carbonyl (C=O) groups is 2. The number of rotatable bonds is 3. The van der Waals surface area contributed by atoms with Crippen molar-refractivity contribution in [3.63, 3.8) is 0 Å². The highest BCUT2D eigenvalue weighted by Gasteiger charge is 2.30. The van der Waals surface area contributed by atoms with Gasteiger partial charge < -0.3 is 19.6 Å². The average molecular weight is 389 g/mol. The van der Waals surface area contributed by atoms with Gasteiger partial charge in [-0.15, -0.1) is 0 Å². The maximum absolute atomic E-state index is 12.2. The van der Waals surface area contributed by atoms with Crippen LogP contribution in [0.25, 0.3) is 0 Å². The highest BCUT2D eigenvalue weighted by Crippen LogP contribution is 2.24. The molecule has 0 radical (unpaired) electrons. The van der Waals surface area contributed by atoms with Crippen LogP contribution in [-0.4, -0.2) is 77.9 Å². The summed E-state index contributed by atoms with van der Waals surface area (Å²) in [4.78, 5) is 29.8. The number of hydrogen-bond donors (Lipinski definition) is 1. The summed E-state index contributed by atoms with van der Waals surface area (Å²) in [6.45, 7) is 10.8. The summed E-state index contributed by atoms with van der Waals surface area (Å²) in [6.07, 6.45) is 1.94. The van der Waals surface area contributed by atoms with Gasteiger partial charge in [-0.05, 0) is 57.9 Å². The molecule has 2 aliphatic heterocycles. The number of hydrogen-bond acceptors (Lipinski definition) is 5. The highest BCUT2D eigenvalue weighted by atomic mass is 16.6. The molecule has 0 spiro atoms. The fourth-order valence-corrected chi connectivity index (χ4v) is 3.90. The molecule has 28 heavy (non-hydrogen) atoms. The molecule has 1 aromatic carbocycles. The smallest absolute Gasteiger partial charge is 0.410 e. The molecule has 1 N–H and O–H groups in total. The third kappa shape index (κ3) is 5.16. The van der Waals surface area contributed by atoms with E-state index in [1.807, 2.05) is 32.9 Å². The van der Waals surface area contributed by atoms with Crippen molar-refractivity contribution in [1.82, 2.24) is 9.80 Å². The van der Waals surface area contributed by atoms with Crippen LogP contribution in [0.3, 0.4) is 0 Å². The second-order valence-corrected chi connectivity index (χ2v) is 8.57. The molecule has 2 heterocycles. The molecule has 0 saturated carbocycles. The summed E-state index contributed by atoms with van der Waals surface area (Å²) < 4.78 is 5.47. The number of nitrogens with zero attached hydrogens (tertiary/aromatic N) is 3. The summed E-state index contributed by atoms with van der Waals surface area (Å²) in [6, 6.07) is 7.65. The molecule has 7 heteroatoms. The van der Waals surface area contributed by atoms with Gasteiger partial charge in [-0.3, -0.25) is 4.90 Å². The largest absolute Gasteiger partial charge is 0.478 e. The van der Waals surface area contributed by atoms with E-state index in [9.17, 15) is 9.59 Å². The van der Waals surface area contributed by atoms with Crippen LogP contribution >= 0.6 is 0 Å². The second kappa shape index (κ2) is 8.39. The van der Waals surface area contributed by atoms with Gasteiger partial charge in [0.1, 0.15) is 5.60 Å². The van der Waals surface area contributed by atoms with E-state index in [1.54, 1.807) is 17.0 Å². The molecular weight excluding hydrogens is 358 g/mol. The van der Waals surface area contributed by atoms with Crippen LogP contribution in [0.4, 0.5) is 10.5 Å². The molecule has 2 fully saturated rings. The van der Waals surface area contributed by atoms with Gasteiger partial charge >= 0.3 is 12.1 Å². The first-order chi connectivity index (χ1) is 13.2. The van der Waals surface area contributed by atoms with Gasteiger partial charge in [0.25, 0.3) is 0 Å². The van der Waals surface area contributed by atoms with Crippen LogP contribution in [0.5, 0.6) is 0 Å². The van der Waals surface area contributed by atoms with Crippen LogP contribution in [0, 0.1) is 0 Å². The second-order valence-electron chi connectivity index (χ2n) is 8.57. The lowest BCUT2D eigenvalue weighted by Crippen LogP contribution is -2.55. The highest BCUT2D eigenvalue weighted by molar-refractivity contribution is 5.88. The first-order valence-electron chi connectivity index (χ1n) is 10.0. The number of piperidine rings is 1. The van der Waals surface area contributed by atoms with E-state index >= 15 is 0 Å². The minimum Gasteiger partial charge on any atom is -0.478 e. The summed E-state index contributed by atoms with van der Waals surface area (Å²) in [5.41, 5.74) is 0.948. The Hall–Kier alpha value is -2.28. The van der Waals surface area contributed by atoms with Crippen LogP contribution in [-0.2, 0) is 4.74 Å². The van der Waals surface area contributed by atoms with Crippen LogP contribution in [0.1, 0.15) is 44.0 Å². The maximum atomic E-state index is 12.2. The zero-order valence-electron chi connectivity index (χ0n) is 17.1. The summed E-state index contributed by atoms with van der Waals surface area (Å²) in [5, 5.41) is 9.02. The topological polar surface area (TPSA) is 73.3 Å². The third-order valence-corrected chi connectivity index (χ3v) is 5.43. The molecule has 0 aromatic heterocycles. The van der Waals surface area contributed by atoms with Crippen LogP contribution in [0.2, 0.25) is 0 Å². The Bertz CT molecular complexity index is 683. The summed E-state index contributed by atoms with van der Waals surface area (Å²) >= 11 is 0. The molecule has 0 aliphatic carbocycles. The van der Waals surface area contributed by atoms with E-state index in [2.05, 4.69) is 9.80 Å². The normalized spacial score (nSPS) is 19.5. The predicted molar refractivity (Wildman–Crippen MR) is 108 cm³/mol. The number of benzene rings is 1. The average Bonchev–Trinajstić information content (AvgIpc) is 2.67. The first kappa shape index (κ1) is 20.5. The van der Waals surface area contributed by atoms with E-state index in [-0.39, 0.29) is 6.09 Å². The fraction of sp³-hybridized carbons (Fsp3) is 0.619. The lowest BCUT2D eigenvalue weighted by Gasteiger charge is -2.43. The third-order valence-electron chi connectivity index (χ3n) is 5.43. The molecular formula is C21H31N3O4. The van der Waals surface area contributed by atoms with Gasteiger partial charge in [-0.25, -0.2) is 9.59 Å². The zero-order chi connectivity index (χ0) is 20.3. The van der Waals surface area contributed by atoms with Crippen LogP contribution < -0.4 is 4.90 Å². The first-order valence-corrected chi connectivity index (χ1v) is 10.0. The number of carboxylic acid groups (broad SMARTS) is 1. The molecule has 0 unspecified atom stereocenters. The van der Waals surface area contributed by atoms with Crippen molar-refractivity contribution in [3.05, 3.63) is 29.8 Å². The molecule has 1 aromatic rings. The van der Waals surface area contributed by atoms with Crippen molar-refractivity contribution >= 4 is 17.7 Å². The molecule has 3 rings (SSSR count). The van der Waals surface area contributed by atoms with Crippen LogP contribution in [0.15, 0.2) is 24.3 Å². The van der Waals surface area contributed by atoms with Crippen molar-refractivity contribution in [2.45, 2.75) is 45.3 Å². The SMILES string of the molecule is CC(C)(C)OC(=O)N1CCN(C2CCN(c3ccc(C(=O)O)cc3)CC2)CC1. The van der Waals surface area contributed by atoms with Gasteiger partial charge in [0.15, 0.2) is 0 Å². The Morgan fingerprint density at radius 3 is 2.04 bits per heavy atom. The number of amides is 1. The Kier molecular flexibility index (Phi) is 6.13. The Balaban J connectivity index is 1.46. The van der Waals surface area contributed by atoms with Gasteiger partial charge in [-0.2, -0.15) is 0 Å². The lowest BCUT2D eigenvalue weighted by atomic mass is 10.0. The van der Waals surface area contributed by atoms with E-state index in [0.29, 0.717) is 24.7 Å². The summed E-state index contributed by atoms with van der Waals surface area (Å²) in [7, 11) is 0. The molecule has 1 amide bonds. The number of carboxylic acids is 1. The minimum absolute atomic E-state index is 0.216. The lowest BCUT2D eigenvalue weighted by molar-refractivity contribution is 0.00900. The molecule has 0 bridgehead atoms. The van der Waals surface area contributed by atoms with Crippen molar-refractivity contribution < 1.29 is 19.4 Å². The molecule has 154 valence electrons. The number of aromatic carboxylic acids is 1. The van der Waals surface area contributed by atoms with Gasteiger partial charge in [0, 0.05) is 51.0 Å². The van der Waals surface area contributed by atoms with Gasteiger partial charge in [0.05, 0.1) is 5.56 Å². The van der Waals surface area contributed by atoms with Crippen molar-refractivity contribution in [3.8, 4) is 0 Å². The molecule has 2 aliphatic rings. The van der Waals surface area contributed by atoms with E-state index in [0.717, 1.165) is 44.7 Å². The minimum atomic E-state index is -0.893. The molecule has 2 saturated heterocycles. The van der Waals surface area contributed by atoms with Crippen molar-refractivity contribution in [2.75, 3.05) is 44.2 Å². The number of ether oxygens (including phenoxy) is 1. The zero-order valence-corrected chi connectivity index (χ0v) is 17.1. The number of piperazine rings is 1. The summed E-state index contributed by atoms with van der Waals surface area (Å²) in [5.74, 6) is -0.893. The van der Waals surface area contributed by atoms with E-state index < -0.39 is 11.6 Å². The Labute approximate surface area is 166 Å². The van der Waals surface area contributed by atoms with Crippen molar-refractivity contribution in [2.24, 2.45) is 0 Å². The maximum Gasteiger partial charge on any atom is 0.410 e. The van der Waals surface area contributed by atoms with Gasteiger partial charge in [-0.1, -0.05) is 0 Å². The Morgan fingerprint density at radius 1 is 0.964 bits per heavy atom. The van der Waals surface area contributed by atoms with Gasteiger partial charge in [0.2, 0.25) is 0 Å². The quantitative estimate of drug-likeness (QED) is 0.857. The van der Waals surface area contributed by atoms with E-state index in [1.165, 1.54) is 0 Å². The molecule has 0 atom stereocenters. The van der Waals surface area contributed by atoms with E-state index in [4.69, 9.17) is 9.84 Å². The standard InChI is InChI=1S/C21H31N3O4/c1-21(2,3)28-20(27)24-14-12-23(13-15-24)18-8-10-22(11-9-18)17-6-4-16(5-7-17)19(25)26/h4-7,18H,8-15H2,1-3H3,(H,25,26). The number of anilines is 1. The predicted octanol–water partition coefficient (Wildman–Crippen LogP) is 2.91. The monoisotopic (exact) mass is 389 g/mol. The Morgan fingerprint density at radius 2 is 1.54 bits per heavy atom. The van der Waals surface area contributed by atoms with Crippen molar-refractivity contribution in [1.29, 1.82) is 0 Å².